The Morgan fingerprint density at radius 2 is 1.61 bits per heavy atom. The normalized spacial score (nSPS) is 18.8. The summed E-state index contributed by atoms with van der Waals surface area (Å²) in [4.78, 5) is 88.7. The quantitative estimate of drug-likeness (QED) is 0.0695. The molecule has 0 aliphatic carbocycles. The van der Waals surface area contributed by atoms with Crippen LogP contribution in [0.5, 0.6) is 0 Å². The number of fused-ring (bicyclic) bond motifs is 1. The molecular formula is C47H57N7O6S. The van der Waals surface area contributed by atoms with Gasteiger partial charge in [0.15, 0.2) is 0 Å². The summed E-state index contributed by atoms with van der Waals surface area (Å²) in [7, 11) is 0. The third kappa shape index (κ3) is 11.5. The van der Waals surface area contributed by atoms with Gasteiger partial charge >= 0.3 is 0 Å². The van der Waals surface area contributed by atoms with Crippen molar-refractivity contribution in [2.45, 2.75) is 81.6 Å². The van der Waals surface area contributed by atoms with Crippen molar-refractivity contribution in [3.63, 3.8) is 0 Å². The summed E-state index contributed by atoms with van der Waals surface area (Å²) in [5, 5.41) is 5.21. The van der Waals surface area contributed by atoms with Crippen molar-refractivity contribution in [1.29, 1.82) is 0 Å². The standard InChI is InChI=1S/C47H57N7O6S/c55-41(19-13-35-10-8-23-48-33-35)49-24-4-3-9-34-21-26-53(27-22-34)45(58)36-14-16-37(17-15-36)52-30-28-51(29-31-52)25-5-1-2-6-32-61-40-12-7-11-38-43(40)47(60)54(46(38)59)39-18-20-42(56)50-44(39)57/h7-8,10-17,19,23,33-34,39H,1-6,9,18,20-22,24-32H2,(H,49,55)(H,50,56,57)/b19-13+. The van der Waals surface area contributed by atoms with E-state index in [9.17, 15) is 28.8 Å². The molecule has 6 amide bonds. The molecule has 7 rings (SSSR count). The van der Waals surface area contributed by atoms with Crippen molar-refractivity contribution in [3.05, 3.63) is 95.3 Å². The minimum atomic E-state index is -0.958. The third-order valence-corrected chi connectivity index (χ3v) is 13.4. The Hall–Kier alpha value is -5.34. The van der Waals surface area contributed by atoms with Crippen LogP contribution < -0.4 is 15.5 Å². The average molecular weight is 848 g/mol. The van der Waals surface area contributed by atoms with Crippen LogP contribution in [0.4, 0.5) is 5.69 Å². The smallest absolute Gasteiger partial charge is 0.263 e. The molecule has 2 aromatic carbocycles. The van der Waals surface area contributed by atoms with Crippen molar-refractivity contribution >= 4 is 59.0 Å². The van der Waals surface area contributed by atoms with Gasteiger partial charge in [-0.15, -0.1) is 11.8 Å². The SMILES string of the molecule is O=C(/C=C/c1cccnc1)NCCCCC1CCN(C(=O)c2ccc(N3CCN(CCCCCCSc4cccc5c4C(=O)N(C4CCC(=O)NC4=O)C5=O)CC3)cc2)CC1. The molecule has 3 aromatic rings. The number of amides is 6. The summed E-state index contributed by atoms with van der Waals surface area (Å²) in [5.41, 5.74) is 3.50. The first-order valence-electron chi connectivity index (χ1n) is 21.9. The van der Waals surface area contributed by atoms with E-state index in [1.165, 1.54) is 0 Å². The number of aromatic nitrogens is 1. The fraction of sp³-hybridized carbons (Fsp3) is 0.468. The fourth-order valence-electron chi connectivity index (χ4n) is 8.70. The maximum absolute atomic E-state index is 13.4. The first-order valence-corrected chi connectivity index (χ1v) is 22.9. The molecular weight excluding hydrogens is 791 g/mol. The summed E-state index contributed by atoms with van der Waals surface area (Å²) < 4.78 is 0. The lowest BCUT2D eigenvalue weighted by atomic mass is 9.91. The predicted octanol–water partition coefficient (Wildman–Crippen LogP) is 5.81. The zero-order valence-electron chi connectivity index (χ0n) is 34.9. The second kappa shape index (κ2) is 21.4. The molecule has 0 radical (unpaired) electrons. The Morgan fingerprint density at radius 1 is 0.820 bits per heavy atom. The topological polar surface area (TPSA) is 152 Å². The van der Waals surface area contributed by atoms with Crippen molar-refractivity contribution in [2.75, 3.05) is 63.0 Å². The summed E-state index contributed by atoms with van der Waals surface area (Å²) >= 11 is 1.58. The Labute approximate surface area is 362 Å². The number of nitrogens with one attached hydrogen (secondary N) is 2. The molecule has 13 nitrogen and oxygen atoms in total. The molecule has 1 aromatic heterocycles. The van der Waals surface area contributed by atoms with Gasteiger partial charge in [0.1, 0.15) is 6.04 Å². The maximum Gasteiger partial charge on any atom is 0.263 e. The van der Waals surface area contributed by atoms with Gasteiger partial charge in [-0.25, -0.2) is 0 Å². The lowest BCUT2D eigenvalue weighted by Crippen LogP contribution is -2.54. The first kappa shape index (κ1) is 43.7. The average Bonchev–Trinajstić information content (AvgIpc) is 3.54. The zero-order valence-corrected chi connectivity index (χ0v) is 35.7. The lowest BCUT2D eigenvalue weighted by Gasteiger charge is -2.36. The highest BCUT2D eigenvalue weighted by molar-refractivity contribution is 7.99. The highest BCUT2D eigenvalue weighted by Gasteiger charge is 2.45. The van der Waals surface area contributed by atoms with Crippen LogP contribution in [0.1, 0.15) is 107 Å². The number of thioether (sulfide) groups is 1. The van der Waals surface area contributed by atoms with Crippen molar-refractivity contribution in [3.8, 4) is 0 Å². The minimum Gasteiger partial charge on any atom is -0.369 e. The Morgan fingerprint density at radius 3 is 2.36 bits per heavy atom. The van der Waals surface area contributed by atoms with E-state index in [1.54, 1.807) is 48.4 Å². The Kier molecular flexibility index (Phi) is 15.4. The van der Waals surface area contributed by atoms with Crippen LogP contribution in [-0.2, 0) is 14.4 Å². The number of piperazine rings is 1. The summed E-state index contributed by atoms with van der Waals surface area (Å²) in [5.74, 6) is -0.434. The Bertz CT molecular complexity index is 2060. The third-order valence-electron chi connectivity index (χ3n) is 12.3. The van der Waals surface area contributed by atoms with Crippen LogP contribution in [0, 0.1) is 5.92 Å². The van der Waals surface area contributed by atoms with Crippen LogP contribution in [0.15, 0.2) is 78.0 Å². The number of imide groups is 2. The van der Waals surface area contributed by atoms with E-state index >= 15 is 0 Å². The second-order valence-electron chi connectivity index (χ2n) is 16.4. The van der Waals surface area contributed by atoms with Crippen LogP contribution in [0.2, 0.25) is 0 Å². The lowest BCUT2D eigenvalue weighted by molar-refractivity contribution is -0.136. The van der Waals surface area contributed by atoms with Gasteiger partial charge in [-0.05, 0) is 111 Å². The number of unbranched alkanes of at least 4 members (excludes halogenated alkanes) is 4. The number of anilines is 1. The van der Waals surface area contributed by atoms with E-state index < -0.39 is 23.8 Å². The highest BCUT2D eigenvalue weighted by atomic mass is 32.2. The maximum atomic E-state index is 13.4. The number of benzene rings is 2. The van der Waals surface area contributed by atoms with E-state index in [0.717, 1.165) is 136 Å². The fourth-order valence-corrected chi connectivity index (χ4v) is 9.79. The number of nitrogens with zero attached hydrogens (tertiary/aromatic N) is 5. The number of hydrogen-bond donors (Lipinski definition) is 2. The molecule has 4 aliphatic heterocycles. The molecule has 3 fully saturated rings. The zero-order chi connectivity index (χ0) is 42.6. The predicted molar refractivity (Wildman–Crippen MR) is 236 cm³/mol. The van der Waals surface area contributed by atoms with Gasteiger partial charge in [0.25, 0.3) is 17.7 Å². The largest absolute Gasteiger partial charge is 0.369 e. The molecule has 2 N–H and O–H groups in total. The van der Waals surface area contributed by atoms with Crippen LogP contribution >= 0.6 is 11.8 Å². The number of pyridine rings is 1. The minimum absolute atomic E-state index is 0.0872. The van der Waals surface area contributed by atoms with Gasteiger partial charge < -0.3 is 15.1 Å². The van der Waals surface area contributed by atoms with E-state index in [4.69, 9.17) is 0 Å². The van der Waals surface area contributed by atoms with E-state index in [2.05, 4.69) is 37.6 Å². The molecule has 61 heavy (non-hydrogen) atoms. The molecule has 0 saturated carbocycles. The number of rotatable bonds is 18. The number of likely N-dealkylation sites (tertiary alicyclic amines) is 1. The van der Waals surface area contributed by atoms with Gasteiger partial charge in [0.05, 0.1) is 11.1 Å². The van der Waals surface area contributed by atoms with E-state index in [0.29, 0.717) is 23.6 Å². The molecule has 0 spiro atoms. The van der Waals surface area contributed by atoms with Gasteiger partial charge in [-0.2, -0.15) is 0 Å². The van der Waals surface area contributed by atoms with E-state index in [1.807, 2.05) is 35.2 Å². The molecule has 322 valence electrons. The molecule has 1 atom stereocenters. The molecule has 0 bridgehead atoms. The molecule has 1 unspecified atom stereocenters. The van der Waals surface area contributed by atoms with Crippen LogP contribution in [0.3, 0.4) is 0 Å². The number of carbonyl (C=O) groups is 6. The summed E-state index contributed by atoms with van der Waals surface area (Å²) in [6.45, 7) is 7.23. The molecule has 4 aliphatic rings. The highest BCUT2D eigenvalue weighted by Crippen LogP contribution is 2.35. The van der Waals surface area contributed by atoms with Gasteiger partial charge in [0.2, 0.25) is 17.7 Å². The monoisotopic (exact) mass is 847 g/mol. The summed E-state index contributed by atoms with van der Waals surface area (Å²) in [6, 6.07) is 16.2. The number of hydrogen-bond acceptors (Lipinski definition) is 10. The van der Waals surface area contributed by atoms with Crippen molar-refractivity contribution < 1.29 is 28.8 Å². The second-order valence-corrected chi connectivity index (χ2v) is 17.5. The van der Waals surface area contributed by atoms with E-state index in [-0.39, 0.29) is 30.6 Å². The van der Waals surface area contributed by atoms with Crippen molar-refractivity contribution in [2.24, 2.45) is 5.92 Å². The van der Waals surface area contributed by atoms with Crippen molar-refractivity contribution in [1.82, 2.24) is 30.3 Å². The van der Waals surface area contributed by atoms with Crippen LogP contribution in [-0.4, -0.2) is 119 Å². The molecule has 5 heterocycles. The molecule has 3 saturated heterocycles. The van der Waals surface area contributed by atoms with Gasteiger partial charge in [-0.1, -0.05) is 37.8 Å². The number of piperidine rings is 2. The Balaban J connectivity index is 0.732. The summed E-state index contributed by atoms with van der Waals surface area (Å²) in [6.07, 6.45) is 16.5. The van der Waals surface area contributed by atoms with Gasteiger partial charge in [0, 0.05) is 86.9 Å². The first-order chi connectivity index (χ1) is 29.7. The van der Waals surface area contributed by atoms with Crippen LogP contribution in [0.25, 0.3) is 6.08 Å². The van der Waals surface area contributed by atoms with Gasteiger partial charge in [-0.3, -0.25) is 48.9 Å². The number of carbonyl (C=O) groups excluding carboxylic acids is 6. The molecule has 14 heteroatoms.